The highest BCUT2D eigenvalue weighted by Gasteiger charge is 2.37. The van der Waals surface area contributed by atoms with Crippen LogP contribution in [0.3, 0.4) is 0 Å². The van der Waals surface area contributed by atoms with Crippen molar-refractivity contribution in [2.75, 3.05) is 11.9 Å². The van der Waals surface area contributed by atoms with Crippen molar-refractivity contribution in [3.8, 4) is 0 Å². The second kappa shape index (κ2) is 7.37. The van der Waals surface area contributed by atoms with Crippen LogP contribution in [-0.4, -0.2) is 31.2 Å². The van der Waals surface area contributed by atoms with Gasteiger partial charge in [-0.05, 0) is 43.5 Å². The van der Waals surface area contributed by atoms with Gasteiger partial charge in [0.25, 0.3) is 0 Å². The minimum absolute atomic E-state index is 0.227. The molecule has 1 aliphatic heterocycles. The Kier molecular flexibility index (Phi) is 5.20. The number of aryl methyl sites for hydroxylation is 1. The van der Waals surface area contributed by atoms with Crippen LogP contribution in [0.15, 0.2) is 59.5 Å². The van der Waals surface area contributed by atoms with Gasteiger partial charge in [-0.25, -0.2) is 8.42 Å². The van der Waals surface area contributed by atoms with Gasteiger partial charge in [-0.2, -0.15) is 4.31 Å². The van der Waals surface area contributed by atoms with Crippen molar-refractivity contribution in [3.63, 3.8) is 0 Å². The molecule has 1 fully saturated rings. The number of rotatable bonds is 4. The lowest BCUT2D eigenvalue weighted by molar-refractivity contribution is -0.120. The van der Waals surface area contributed by atoms with E-state index in [1.54, 1.807) is 30.3 Å². The fourth-order valence-corrected chi connectivity index (χ4v) is 4.79. The first kappa shape index (κ1) is 17.6. The molecule has 132 valence electrons. The fourth-order valence-electron chi connectivity index (χ4n) is 3.11. The molecule has 2 aromatic rings. The summed E-state index contributed by atoms with van der Waals surface area (Å²) in [5.74, 6) is -0.270. The first-order valence-electron chi connectivity index (χ1n) is 8.43. The average molecular weight is 358 g/mol. The number of para-hydroxylation sites is 1. The lowest BCUT2D eigenvalue weighted by Crippen LogP contribution is -2.49. The van der Waals surface area contributed by atoms with E-state index < -0.39 is 16.1 Å². The van der Waals surface area contributed by atoms with Gasteiger partial charge in [-0.3, -0.25) is 4.79 Å². The molecule has 1 saturated heterocycles. The summed E-state index contributed by atoms with van der Waals surface area (Å²) in [5.41, 5.74) is 1.67. The normalized spacial score (nSPS) is 18.7. The van der Waals surface area contributed by atoms with Crippen LogP contribution < -0.4 is 5.32 Å². The molecular weight excluding hydrogens is 336 g/mol. The summed E-state index contributed by atoms with van der Waals surface area (Å²) >= 11 is 0. The average Bonchev–Trinajstić information content (AvgIpc) is 2.64. The Balaban J connectivity index is 1.86. The molecule has 1 heterocycles. The second-order valence-electron chi connectivity index (χ2n) is 6.24. The Hall–Kier alpha value is -2.18. The highest BCUT2D eigenvalue weighted by Crippen LogP contribution is 2.26. The minimum Gasteiger partial charge on any atom is -0.324 e. The number of carbonyl (C=O) groups is 1. The number of benzene rings is 2. The van der Waals surface area contributed by atoms with E-state index in [1.807, 2.05) is 31.2 Å². The maximum Gasteiger partial charge on any atom is 0.243 e. The van der Waals surface area contributed by atoms with Crippen molar-refractivity contribution in [2.24, 2.45) is 0 Å². The first-order valence-corrected chi connectivity index (χ1v) is 9.87. The van der Waals surface area contributed by atoms with Crippen molar-refractivity contribution in [2.45, 2.75) is 37.1 Å². The van der Waals surface area contributed by atoms with Crippen LogP contribution in [0.25, 0.3) is 0 Å². The van der Waals surface area contributed by atoms with Crippen LogP contribution in [0, 0.1) is 6.92 Å². The molecule has 6 heteroatoms. The number of hydrogen-bond donors (Lipinski definition) is 1. The first-order chi connectivity index (χ1) is 12.0. The second-order valence-corrected chi connectivity index (χ2v) is 8.14. The van der Waals surface area contributed by atoms with E-state index in [4.69, 9.17) is 0 Å². The molecule has 1 N–H and O–H groups in total. The third kappa shape index (κ3) is 3.75. The van der Waals surface area contributed by atoms with Gasteiger partial charge in [0.2, 0.25) is 15.9 Å². The van der Waals surface area contributed by atoms with Crippen LogP contribution in [0.4, 0.5) is 5.69 Å². The summed E-state index contributed by atoms with van der Waals surface area (Å²) in [4.78, 5) is 13.0. The molecule has 0 spiro atoms. The highest BCUT2D eigenvalue weighted by atomic mass is 32.2. The van der Waals surface area contributed by atoms with E-state index >= 15 is 0 Å². The summed E-state index contributed by atoms with van der Waals surface area (Å²) in [5, 5.41) is 2.89. The molecule has 0 unspecified atom stereocenters. The summed E-state index contributed by atoms with van der Waals surface area (Å²) in [6.45, 7) is 2.28. The van der Waals surface area contributed by atoms with Gasteiger partial charge in [0, 0.05) is 12.2 Å². The summed E-state index contributed by atoms with van der Waals surface area (Å²) < 4.78 is 27.3. The number of piperidine rings is 1. The molecule has 1 aliphatic rings. The van der Waals surface area contributed by atoms with E-state index in [0.29, 0.717) is 13.0 Å². The van der Waals surface area contributed by atoms with Gasteiger partial charge in [0.15, 0.2) is 0 Å². The van der Waals surface area contributed by atoms with Crippen molar-refractivity contribution in [1.29, 1.82) is 0 Å². The lowest BCUT2D eigenvalue weighted by Gasteiger charge is -2.33. The van der Waals surface area contributed by atoms with E-state index in [1.165, 1.54) is 4.31 Å². The van der Waals surface area contributed by atoms with Crippen molar-refractivity contribution >= 4 is 21.6 Å². The topological polar surface area (TPSA) is 66.5 Å². The molecule has 25 heavy (non-hydrogen) atoms. The number of anilines is 1. The Morgan fingerprint density at radius 2 is 1.72 bits per heavy atom. The third-order valence-electron chi connectivity index (χ3n) is 4.51. The van der Waals surface area contributed by atoms with Gasteiger partial charge in [0.1, 0.15) is 6.04 Å². The summed E-state index contributed by atoms with van der Waals surface area (Å²) in [6.07, 6.45) is 2.14. The summed E-state index contributed by atoms with van der Waals surface area (Å²) in [6, 6.07) is 15.1. The minimum atomic E-state index is -3.69. The van der Waals surface area contributed by atoms with E-state index in [-0.39, 0.29) is 10.8 Å². The third-order valence-corrected chi connectivity index (χ3v) is 6.43. The van der Waals surface area contributed by atoms with Gasteiger partial charge >= 0.3 is 0 Å². The van der Waals surface area contributed by atoms with Gasteiger partial charge < -0.3 is 5.32 Å². The Labute approximate surface area is 148 Å². The van der Waals surface area contributed by atoms with Crippen molar-refractivity contribution < 1.29 is 13.2 Å². The van der Waals surface area contributed by atoms with E-state index in [0.717, 1.165) is 24.1 Å². The molecule has 1 atom stereocenters. The number of hydrogen-bond acceptors (Lipinski definition) is 3. The number of amides is 1. The smallest absolute Gasteiger partial charge is 0.243 e. The molecule has 1 amide bonds. The van der Waals surface area contributed by atoms with Crippen LogP contribution >= 0.6 is 0 Å². The predicted molar refractivity (Wildman–Crippen MR) is 97.8 cm³/mol. The van der Waals surface area contributed by atoms with E-state index in [9.17, 15) is 13.2 Å². The van der Waals surface area contributed by atoms with Crippen molar-refractivity contribution in [3.05, 3.63) is 60.2 Å². The zero-order valence-electron chi connectivity index (χ0n) is 14.2. The molecule has 0 aromatic heterocycles. The molecule has 3 rings (SSSR count). The summed E-state index contributed by atoms with van der Waals surface area (Å²) in [7, 11) is -3.69. The maximum absolute atomic E-state index is 13.0. The molecule has 2 aromatic carbocycles. The van der Waals surface area contributed by atoms with Gasteiger partial charge in [0.05, 0.1) is 4.90 Å². The molecular formula is C19H22N2O3S. The van der Waals surface area contributed by atoms with E-state index in [2.05, 4.69) is 5.32 Å². The molecule has 0 bridgehead atoms. The van der Waals surface area contributed by atoms with Crippen LogP contribution in [-0.2, 0) is 14.8 Å². The molecule has 5 nitrogen and oxygen atoms in total. The Morgan fingerprint density at radius 3 is 2.44 bits per heavy atom. The largest absolute Gasteiger partial charge is 0.324 e. The van der Waals surface area contributed by atoms with Crippen LogP contribution in [0.1, 0.15) is 24.8 Å². The highest BCUT2D eigenvalue weighted by molar-refractivity contribution is 7.89. The zero-order chi connectivity index (χ0) is 17.9. The standard InChI is InChI=1S/C19H22N2O3S/c1-15-9-5-6-12-17(15)20-19(22)18-13-7-8-14-21(18)25(23,24)16-10-3-2-4-11-16/h2-6,9-12,18H,7-8,13-14H2,1H3,(H,20,22)/t18-/m1/s1. The number of nitrogens with zero attached hydrogens (tertiary/aromatic N) is 1. The number of carbonyl (C=O) groups excluding carboxylic acids is 1. The molecule has 0 radical (unpaired) electrons. The molecule has 0 saturated carbocycles. The zero-order valence-corrected chi connectivity index (χ0v) is 15.0. The van der Waals surface area contributed by atoms with Gasteiger partial charge in [-0.15, -0.1) is 0 Å². The lowest BCUT2D eigenvalue weighted by atomic mass is 10.0. The van der Waals surface area contributed by atoms with Crippen LogP contribution in [0.2, 0.25) is 0 Å². The molecule has 0 aliphatic carbocycles. The van der Waals surface area contributed by atoms with Gasteiger partial charge in [-0.1, -0.05) is 42.8 Å². The van der Waals surface area contributed by atoms with Crippen LogP contribution in [0.5, 0.6) is 0 Å². The maximum atomic E-state index is 13.0. The predicted octanol–water partition coefficient (Wildman–Crippen LogP) is 3.18. The van der Waals surface area contributed by atoms with Crippen molar-refractivity contribution in [1.82, 2.24) is 4.31 Å². The number of sulfonamides is 1. The Bertz CT molecular complexity index is 850. The monoisotopic (exact) mass is 358 g/mol. The fraction of sp³-hybridized carbons (Fsp3) is 0.316. The Morgan fingerprint density at radius 1 is 1.04 bits per heavy atom. The number of nitrogens with one attached hydrogen (secondary N) is 1. The quantitative estimate of drug-likeness (QED) is 0.913. The SMILES string of the molecule is Cc1ccccc1NC(=O)[C@H]1CCCCN1S(=O)(=O)c1ccccc1.